The van der Waals surface area contributed by atoms with E-state index in [0.717, 1.165) is 19.5 Å². The molecule has 0 amide bonds. The molecule has 0 saturated carbocycles. The summed E-state index contributed by atoms with van der Waals surface area (Å²) in [5, 5.41) is 0.230. The lowest BCUT2D eigenvalue weighted by molar-refractivity contribution is 0.368. The first kappa shape index (κ1) is 13.2. The van der Waals surface area contributed by atoms with Gasteiger partial charge in [-0.05, 0) is 12.3 Å². The SMILES string of the molecule is COc1cc(OC)nc(N2CCC(Cl)C(C)C2)n1. The van der Waals surface area contributed by atoms with Crippen LogP contribution in [0.25, 0.3) is 0 Å². The van der Waals surface area contributed by atoms with Crippen molar-refractivity contribution in [3.8, 4) is 11.8 Å². The second kappa shape index (κ2) is 5.61. The first-order chi connectivity index (χ1) is 8.63. The van der Waals surface area contributed by atoms with Crippen molar-refractivity contribution in [2.24, 2.45) is 5.92 Å². The molecule has 1 aromatic rings. The molecule has 6 heteroatoms. The fraction of sp³-hybridized carbons (Fsp3) is 0.667. The zero-order chi connectivity index (χ0) is 13.1. The van der Waals surface area contributed by atoms with Gasteiger partial charge in [0.05, 0.1) is 20.3 Å². The van der Waals surface area contributed by atoms with Crippen LogP contribution in [0.3, 0.4) is 0 Å². The molecule has 0 bridgehead atoms. The quantitative estimate of drug-likeness (QED) is 0.787. The number of alkyl halides is 1. The Morgan fingerprint density at radius 2 is 1.89 bits per heavy atom. The first-order valence-electron chi connectivity index (χ1n) is 6.00. The zero-order valence-electron chi connectivity index (χ0n) is 10.9. The Kier molecular flexibility index (Phi) is 4.11. The van der Waals surface area contributed by atoms with Gasteiger partial charge in [-0.3, -0.25) is 0 Å². The van der Waals surface area contributed by atoms with E-state index in [9.17, 15) is 0 Å². The molecule has 1 aromatic heterocycles. The van der Waals surface area contributed by atoms with Gasteiger partial charge in [0.1, 0.15) is 0 Å². The number of methoxy groups -OCH3 is 2. The summed E-state index contributed by atoms with van der Waals surface area (Å²) >= 11 is 6.22. The Bertz CT molecular complexity index is 394. The van der Waals surface area contributed by atoms with E-state index in [1.54, 1.807) is 20.3 Å². The molecule has 0 aromatic carbocycles. The third-order valence-corrected chi connectivity index (χ3v) is 3.82. The van der Waals surface area contributed by atoms with Crippen molar-refractivity contribution in [3.63, 3.8) is 0 Å². The Labute approximate surface area is 112 Å². The Hall–Kier alpha value is -1.23. The van der Waals surface area contributed by atoms with Gasteiger partial charge in [0.25, 0.3) is 0 Å². The van der Waals surface area contributed by atoms with Gasteiger partial charge in [0, 0.05) is 18.5 Å². The molecule has 2 heterocycles. The molecule has 18 heavy (non-hydrogen) atoms. The molecule has 5 nitrogen and oxygen atoms in total. The summed E-state index contributed by atoms with van der Waals surface area (Å²) in [6.07, 6.45) is 0.936. The maximum atomic E-state index is 6.22. The summed E-state index contributed by atoms with van der Waals surface area (Å²) in [5.41, 5.74) is 0. The molecule has 1 fully saturated rings. The maximum Gasteiger partial charge on any atom is 0.231 e. The van der Waals surface area contributed by atoms with Crippen LogP contribution in [0.4, 0.5) is 5.95 Å². The van der Waals surface area contributed by atoms with Gasteiger partial charge in [0.15, 0.2) is 0 Å². The van der Waals surface area contributed by atoms with E-state index in [4.69, 9.17) is 21.1 Å². The summed E-state index contributed by atoms with van der Waals surface area (Å²) < 4.78 is 10.3. The third-order valence-electron chi connectivity index (χ3n) is 3.17. The van der Waals surface area contributed by atoms with Gasteiger partial charge in [-0.15, -0.1) is 11.6 Å². The highest BCUT2D eigenvalue weighted by atomic mass is 35.5. The molecule has 1 saturated heterocycles. The van der Waals surface area contributed by atoms with Gasteiger partial charge in [0.2, 0.25) is 17.7 Å². The van der Waals surface area contributed by atoms with E-state index in [1.807, 2.05) is 0 Å². The van der Waals surface area contributed by atoms with Crippen LogP contribution in [0.1, 0.15) is 13.3 Å². The largest absolute Gasteiger partial charge is 0.481 e. The van der Waals surface area contributed by atoms with Crippen LogP contribution in [-0.2, 0) is 0 Å². The average Bonchev–Trinajstić information content (AvgIpc) is 2.41. The Morgan fingerprint density at radius 3 is 2.39 bits per heavy atom. The van der Waals surface area contributed by atoms with Gasteiger partial charge >= 0.3 is 0 Å². The van der Waals surface area contributed by atoms with Crippen LogP contribution < -0.4 is 14.4 Å². The third kappa shape index (κ3) is 2.77. The molecule has 1 aliphatic rings. The van der Waals surface area contributed by atoms with Crippen molar-refractivity contribution >= 4 is 17.5 Å². The fourth-order valence-electron chi connectivity index (χ4n) is 2.04. The van der Waals surface area contributed by atoms with Crippen LogP contribution in [-0.4, -0.2) is 42.7 Å². The summed E-state index contributed by atoms with van der Waals surface area (Å²) in [7, 11) is 3.17. The van der Waals surface area contributed by atoms with Gasteiger partial charge < -0.3 is 14.4 Å². The van der Waals surface area contributed by atoms with Crippen molar-refractivity contribution in [1.29, 1.82) is 0 Å². The number of aromatic nitrogens is 2. The second-order valence-corrected chi connectivity index (χ2v) is 5.04. The number of nitrogens with zero attached hydrogens (tertiary/aromatic N) is 3. The monoisotopic (exact) mass is 271 g/mol. The highest BCUT2D eigenvalue weighted by Gasteiger charge is 2.26. The lowest BCUT2D eigenvalue weighted by Gasteiger charge is -2.34. The minimum absolute atomic E-state index is 0.230. The second-order valence-electron chi connectivity index (χ2n) is 4.48. The molecule has 2 rings (SSSR count). The standard InChI is InChI=1S/C12H18ClN3O2/c1-8-7-16(5-4-9(8)13)12-14-10(17-2)6-11(15-12)18-3/h6,8-9H,4-5,7H2,1-3H3. The van der Waals surface area contributed by atoms with Crippen LogP contribution >= 0.6 is 11.6 Å². The lowest BCUT2D eigenvalue weighted by atomic mass is 10.00. The number of anilines is 1. The van der Waals surface area contributed by atoms with Crippen molar-refractivity contribution in [3.05, 3.63) is 6.07 Å². The van der Waals surface area contributed by atoms with Gasteiger partial charge in [-0.1, -0.05) is 6.92 Å². The van der Waals surface area contributed by atoms with Crippen LogP contribution in [0, 0.1) is 5.92 Å². The van der Waals surface area contributed by atoms with E-state index >= 15 is 0 Å². The maximum absolute atomic E-state index is 6.22. The molecule has 1 aliphatic heterocycles. The molecule has 0 N–H and O–H groups in total. The van der Waals surface area contributed by atoms with E-state index < -0.39 is 0 Å². The molecule has 2 unspecified atom stereocenters. The summed E-state index contributed by atoms with van der Waals surface area (Å²) in [6.45, 7) is 3.85. The highest BCUT2D eigenvalue weighted by molar-refractivity contribution is 6.20. The highest BCUT2D eigenvalue weighted by Crippen LogP contribution is 2.26. The predicted octanol–water partition coefficient (Wildman–Crippen LogP) is 1.95. The minimum atomic E-state index is 0.230. The molecule has 2 atom stereocenters. The summed E-state index contributed by atoms with van der Waals surface area (Å²) in [6, 6.07) is 1.67. The molecule has 0 aliphatic carbocycles. The molecular formula is C12H18ClN3O2. The number of hydrogen-bond acceptors (Lipinski definition) is 5. The summed E-state index contributed by atoms with van der Waals surface area (Å²) in [5.74, 6) is 2.08. The lowest BCUT2D eigenvalue weighted by Crippen LogP contribution is -2.40. The van der Waals surface area contributed by atoms with E-state index in [-0.39, 0.29) is 5.38 Å². The Morgan fingerprint density at radius 1 is 1.28 bits per heavy atom. The van der Waals surface area contributed by atoms with Crippen LogP contribution in [0.5, 0.6) is 11.8 Å². The number of halogens is 1. The molecule has 100 valence electrons. The predicted molar refractivity (Wildman–Crippen MR) is 70.8 cm³/mol. The normalized spacial score (nSPS) is 23.9. The van der Waals surface area contributed by atoms with E-state index in [2.05, 4.69) is 21.8 Å². The van der Waals surface area contributed by atoms with Crippen molar-refractivity contribution in [1.82, 2.24) is 9.97 Å². The minimum Gasteiger partial charge on any atom is -0.481 e. The van der Waals surface area contributed by atoms with Crippen LogP contribution in [0.2, 0.25) is 0 Å². The van der Waals surface area contributed by atoms with Crippen molar-refractivity contribution in [2.45, 2.75) is 18.7 Å². The molecule has 0 radical (unpaired) electrons. The van der Waals surface area contributed by atoms with Crippen molar-refractivity contribution < 1.29 is 9.47 Å². The smallest absolute Gasteiger partial charge is 0.231 e. The number of rotatable bonds is 3. The molecule has 0 spiro atoms. The zero-order valence-corrected chi connectivity index (χ0v) is 11.6. The number of piperidine rings is 1. The number of ether oxygens (including phenoxy) is 2. The van der Waals surface area contributed by atoms with E-state index in [0.29, 0.717) is 23.6 Å². The molecular weight excluding hydrogens is 254 g/mol. The number of hydrogen-bond donors (Lipinski definition) is 0. The summed E-state index contributed by atoms with van der Waals surface area (Å²) in [4.78, 5) is 10.8. The Balaban J connectivity index is 2.22. The average molecular weight is 272 g/mol. The first-order valence-corrected chi connectivity index (χ1v) is 6.43. The van der Waals surface area contributed by atoms with Crippen molar-refractivity contribution in [2.75, 3.05) is 32.2 Å². The topological polar surface area (TPSA) is 47.5 Å². The van der Waals surface area contributed by atoms with Gasteiger partial charge in [-0.2, -0.15) is 9.97 Å². The fourth-order valence-corrected chi connectivity index (χ4v) is 2.22. The van der Waals surface area contributed by atoms with E-state index in [1.165, 1.54) is 0 Å². The van der Waals surface area contributed by atoms with Gasteiger partial charge in [-0.25, -0.2) is 0 Å². The van der Waals surface area contributed by atoms with Crippen LogP contribution in [0.15, 0.2) is 6.07 Å².